The maximum absolute atomic E-state index is 11.7. The Labute approximate surface area is 274 Å². The Kier molecular flexibility index (Phi) is 10.3. The van der Waals surface area contributed by atoms with Gasteiger partial charge >= 0.3 is 0 Å². The molecule has 0 amide bonds. The SMILES string of the molecule is CCC(CC)C(=O)/C=C(\O)C(CC)CC.Cc1oc2c([Si](C)(C)C)cc3ncnc4c5[c-]c6ccccc6cc5c1c2c34.[Ir]. The molecule has 0 saturated heterocycles. The van der Waals surface area contributed by atoms with Crippen LogP contribution in [-0.4, -0.2) is 28.9 Å². The summed E-state index contributed by atoms with van der Waals surface area (Å²) >= 11 is 0. The molecule has 0 aliphatic rings. The van der Waals surface area contributed by atoms with Gasteiger partial charge in [0.25, 0.3) is 0 Å². The van der Waals surface area contributed by atoms with Gasteiger partial charge in [-0.15, -0.1) is 23.6 Å². The number of benzene rings is 4. The van der Waals surface area contributed by atoms with E-state index in [0.717, 1.165) is 69.6 Å². The zero-order chi connectivity index (χ0) is 31.1. The molecule has 0 bridgehead atoms. The van der Waals surface area contributed by atoms with Gasteiger partial charge in [0.15, 0.2) is 5.78 Å². The van der Waals surface area contributed by atoms with Gasteiger partial charge in [-0.25, -0.2) is 4.98 Å². The number of allylic oxidation sites excluding steroid dienone is 2. The molecule has 1 radical (unpaired) electrons. The number of aliphatic hydroxyl groups is 1. The normalized spacial score (nSPS) is 12.5. The number of aromatic nitrogens is 2. The Hall–Kier alpha value is -3.12. The van der Waals surface area contributed by atoms with Crippen molar-refractivity contribution in [1.82, 2.24) is 9.97 Å². The molecule has 0 unspecified atom stereocenters. The second kappa shape index (κ2) is 13.5. The number of nitrogens with zero attached hydrogens (tertiary/aromatic N) is 2. The third-order valence-corrected chi connectivity index (χ3v) is 10.9. The van der Waals surface area contributed by atoms with Crippen molar-refractivity contribution in [3.8, 4) is 0 Å². The summed E-state index contributed by atoms with van der Waals surface area (Å²) in [5, 5.41) is 19.0. The first-order chi connectivity index (χ1) is 20.5. The van der Waals surface area contributed by atoms with Gasteiger partial charge in [-0.1, -0.05) is 81.7 Å². The van der Waals surface area contributed by atoms with E-state index in [9.17, 15) is 9.90 Å². The molecular weight excluding hydrogens is 741 g/mol. The summed E-state index contributed by atoms with van der Waals surface area (Å²) in [5.74, 6) is 1.51. The second-order valence-electron chi connectivity index (χ2n) is 12.7. The van der Waals surface area contributed by atoms with E-state index in [1.807, 2.05) is 27.7 Å². The van der Waals surface area contributed by atoms with Crippen molar-refractivity contribution in [1.29, 1.82) is 0 Å². The average molecular weight is 784 g/mol. The van der Waals surface area contributed by atoms with E-state index >= 15 is 0 Å². The molecule has 0 aliphatic heterocycles. The standard InChI is InChI=1S/C24H19N2OSi.C13H24O2.Ir/c1-13-20-16-9-14-7-5-6-8-15(14)10-17(16)23-21-18(25-12-26-23)11-19(28(2,3)4)24(27-13)22(20)21;1-5-10(6-2)12(14)9-13(15)11(7-3)8-4;/h5-9,11-12H,1-4H3;9-11,14H,5-8H2,1-4H3;/q-1;;/b;12-9-;. The fraction of sp³-hybridized carbons (Fsp3) is 0.378. The minimum atomic E-state index is -1.62. The Bertz CT molecular complexity index is 1960. The monoisotopic (exact) mass is 784 g/mol. The minimum absolute atomic E-state index is 0. The van der Waals surface area contributed by atoms with Gasteiger partial charge < -0.3 is 9.52 Å². The molecule has 7 heteroatoms. The van der Waals surface area contributed by atoms with Crippen LogP contribution in [-0.2, 0) is 24.9 Å². The summed E-state index contributed by atoms with van der Waals surface area (Å²) in [6, 6.07) is 16.5. The number of ketones is 1. The number of hydrogen-bond acceptors (Lipinski definition) is 5. The number of fused-ring (bicyclic) bond motifs is 4. The van der Waals surface area contributed by atoms with Gasteiger partial charge in [0.1, 0.15) is 17.7 Å². The van der Waals surface area contributed by atoms with E-state index in [4.69, 9.17) is 9.40 Å². The summed E-state index contributed by atoms with van der Waals surface area (Å²) < 4.78 is 6.42. The van der Waals surface area contributed by atoms with Crippen LogP contribution in [0.15, 0.2) is 59.0 Å². The quantitative estimate of drug-likeness (QED) is 0.0416. The van der Waals surface area contributed by atoms with Gasteiger partial charge in [0.2, 0.25) is 0 Å². The molecule has 44 heavy (non-hydrogen) atoms. The molecule has 0 atom stereocenters. The van der Waals surface area contributed by atoms with Crippen LogP contribution in [0.5, 0.6) is 0 Å². The van der Waals surface area contributed by atoms with Crippen molar-refractivity contribution in [2.75, 3.05) is 0 Å². The molecule has 0 saturated carbocycles. The predicted octanol–water partition coefficient (Wildman–Crippen LogP) is 9.79. The molecule has 0 fully saturated rings. The van der Waals surface area contributed by atoms with E-state index in [1.54, 1.807) is 6.33 Å². The van der Waals surface area contributed by atoms with E-state index in [-0.39, 0.29) is 43.5 Å². The zero-order valence-corrected chi connectivity index (χ0v) is 30.5. The topological polar surface area (TPSA) is 76.2 Å². The Balaban J connectivity index is 0.000000239. The average Bonchev–Trinajstić information content (AvgIpc) is 3.33. The molecular formula is C37H43IrN2O3Si-. The molecule has 1 N–H and O–H groups in total. The molecule has 0 spiro atoms. The number of aliphatic hydroxyl groups excluding tert-OH is 1. The van der Waals surface area contributed by atoms with Gasteiger partial charge in [0.05, 0.1) is 19.3 Å². The number of aryl methyl sites for hydroxylation is 1. The maximum Gasteiger partial charge on any atom is 0.162 e. The van der Waals surface area contributed by atoms with Crippen LogP contribution >= 0.6 is 0 Å². The third kappa shape index (κ3) is 6.07. The fourth-order valence-corrected chi connectivity index (χ4v) is 7.76. The summed E-state index contributed by atoms with van der Waals surface area (Å²) in [6.45, 7) is 17.2. The van der Waals surface area contributed by atoms with Crippen LogP contribution in [0, 0.1) is 24.8 Å². The maximum atomic E-state index is 11.7. The van der Waals surface area contributed by atoms with Crippen LogP contribution < -0.4 is 5.19 Å². The van der Waals surface area contributed by atoms with E-state index < -0.39 is 8.07 Å². The number of rotatable bonds is 8. The third-order valence-electron chi connectivity index (χ3n) is 8.92. The van der Waals surface area contributed by atoms with Gasteiger partial charge in [0, 0.05) is 54.3 Å². The van der Waals surface area contributed by atoms with Crippen molar-refractivity contribution in [3.63, 3.8) is 0 Å². The van der Waals surface area contributed by atoms with Crippen molar-refractivity contribution < 1.29 is 34.4 Å². The molecule has 6 rings (SSSR count). The van der Waals surface area contributed by atoms with Crippen molar-refractivity contribution in [2.45, 2.75) is 79.9 Å². The van der Waals surface area contributed by atoms with Crippen molar-refractivity contribution >= 4 is 73.4 Å². The summed E-state index contributed by atoms with van der Waals surface area (Å²) in [7, 11) is -1.62. The van der Waals surface area contributed by atoms with Crippen LogP contribution in [0.1, 0.15) is 59.1 Å². The van der Waals surface area contributed by atoms with E-state index in [2.05, 4.69) is 74.0 Å². The molecule has 2 heterocycles. The van der Waals surface area contributed by atoms with Gasteiger partial charge in [-0.3, -0.25) is 9.78 Å². The van der Waals surface area contributed by atoms with Gasteiger partial charge in [-0.05, 0) is 49.2 Å². The second-order valence-corrected chi connectivity index (χ2v) is 17.7. The van der Waals surface area contributed by atoms with E-state index in [0.29, 0.717) is 0 Å². The molecule has 5 nitrogen and oxygen atoms in total. The van der Waals surface area contributed by atoms with Crippen molar-refractivity contribution in [2.24, 2.45) is 11.8 Å². The summed E-state index contributed by atoms with van der Waals surface area (Å²) in [6.07, 6.45) is 6.59. The van der Waals surface area contributed by atoms with Crippen LogP contribution in [0.25, 0.3) is 54.3 Å². The van der Waals surface area contributed by atoms with Crippen LogP contribution in [0.4, 0.5) is 0 Å². The molecule has 4 aromatic carbocycles. The largest absolute Gasteiger partial charge is 0.512 e. The number of carbonyl (C=O) groups is 1. The number of furan rings is 1. The number of hydrogen-bond donors (Lipinski definition) is 1. The summed E-state index contributed by atoms with van der Waals surface area (Å²) in [4.78, 5) is 21.1. The van der Waals surface area contributed by atoms with Crippen LogP contribution in [0.2, 0.25) is 19.6 Å². The first-order valence-corrected chi connectivity index (χ1v) is 19.1. The smallest absolute Gasteiger partial charge is 0.162 e. The Morgan fingerprint density at radius 3 is 2.25 bits per heavy atom. The fourth-order valence-electron chi connectivity index (χ4n) is 6.33. The number of carbonyl (C=O) groups excluding carboxylic acids is 1. The summed E-state index contributed by atoms with van der Waals surface area (Å²) in [5.41, 5.74) is 2.99. The molecule has 233 valence electrons. The molecule has 6 aromatic rings. The minimum Gasteiger partial charge on any atom is -0.512 e. The zero-order valence-electron chi connectivity index (χ0n) is 27.1. The van der Waals surface area contributed by atoms with Crippen molar-refractivity contribution in [3.05, 3.63) is 66.4 Å². The Morgan fingerprint density at radius 1 is 0.955 bits per heavy atom. The van der Waals surface area contributed by atoms with E-state index in [1.165, 1.54) is 27.4 Å². The first kappa shape index (κ1) is 33.8. The molecule has 2 aromatic heterocycles. The van der Waals surface area contributed by atoms with Crippen LogP contribution in [0.3, 0.4) is 0 Å². The Morgan fingerprint density at radius 2 is 1.61 bits per heavy atom. The van der Waals surface area contributed by atoms with Gasteiger partial charge in [-0.2, -0.15) is 0 Å². The predicted molar refractivity (Wildman–Crippen MR) is 183 cm³/mol. The first-order valence-electron chi connectivity index (χ1n) is 15.6. The molecule has 0 aliphatic carbocycles.